The minimum atomic E-state index is -0.433. The summed E-state index contributed by atoms with van der Waals surface area (Å²) in [5, 5.41) is 13.9. The first-order chi connectivity index (χ1) is 13.3. The Kier molecular flexibility index (Phi) is 6.14. The fourth-order valence-electron chi connectivity index (χ4n) is 3.77. The first-order valence-corrected chi connectivity index (χ1v) is 9.65. The monoisotopic (exact) mass is 385 g/mol. The van der Waals surface area contributed by atoms with E-state index in [0.29, 0.717) is 23.6 Å². The summed E-state index contributed by atoms with van der Waals surface area (Å²) in [6.45, 7) is 9.16. The highest BCUT2D eigenvalue weighted by Crippen LogP contribution is 2.22. The molecule has 1 amide bonds. The van der Waals surface area contributed by atoms with Gasteiger partial charge in [-0.05, 0) is 70.8 Å². The van der Waals surface area contributed by atoms with Gasteiger partial charge in [0.2, 0.25) is 0 Å². The van der Waals surface area contributed by atoms with Crippen LogP contribution in [0, 0.1) is 36.8 Å². The number of aryl methyl sites for hydroxylation is 3. The van der Waals surface area contributed by atoms with E-state index < -0.39 is 4.92 Å². The van der Waals surface area contributed by atoms with E-state index in [0.717, 1.165) is 44.0 Å². The van der Waals surface area contributed by atoms with E-state index in [1.807, 2.05) is 13.8 Å². The summed E-state index contributed by atoms with van der Waals surface area (Å²) in [6.07, 6.45) is 2.07. The molecular formula is C21H27N3O4. The molecule has 0 saturated carbocycles. The number of nitrogens with one attached hydrogen (secondary N) is 1. The van der Waals surface area contributed by atoms with Gasteiger partial charge in [-0.1, -0.05) is 0 Å². The quantitative estimate of drug-likeness (QED) is 0.604. The van der Waals surface area contributed by atoms with Gasteiger partial charge in [0, 0.05) is 35.8 Å². The number of amides is 1. The average molecular weight is 385 g/mol. The van der Waals surface area contributed by atoms with Crippen molar-refractivity contribution in [2.75, 3.05) is 19.6 Å². The number of likely N-dealkylation sites (tertiary alicyclic amines) is 1. The fraction of sp³-hybridized carbons (Fsp3) is 0.476. The smallest absolute Gasteiger partial charge is 0.272 e. The maximum absolute atomic E-state index is 12.4. The lowest BCUT2D eigenvalue weighted by Crippen LogP contribution is -2.38. The summed E-state index contributed by atoms with van der Waals surface area (Å²) in [4.78, 5) is 25.2. The number of hydrogen-bond acceptors (Lipinski definition) is 5. The topological polar surface area (TPSA) is 88.6 Å². The van der Waals surface area contributed by atoms with Crippen LogP contribution in [0.3, 0.4) is 0 Å². The molecule has 1 N–H and O–H groups in total. The van der Waals surface area contributed by atoms with Crippen LogP contribution in [0.2, 0.25) is 0 Å². The third-order valence-corrected chi connectivity index (χ3v) is 5.45. The largest absolute Gasteiger partial charge is 0.466 e. The van der Waals surface area contributed by atoms with Gasteiger partial charge in [-0.3, -0.25) is 19.8 Å². The van der Waals surface area contributed by atoms with Gasteiger partial charge >= 0.3 is 0 Å². The van der Waals surface area contributed by atoms with E-state index in [4.69, 9.17) is 4.42 Å². The van der Waals surface area contributed by atoms with Crippen molar-refractivity contribution in [1.82, 2.24) is 10.2 Å². The number of nitro benzene ring substituents is 1. The molecule has 0 unspecified atom stereocenters. The molecule has 0 radical (unpaired) electrons. The van der Waals surface area contributed by atoms with Crippen molar-refractivity contribution in [3.63, 3.8) is 0 Å². The predicted octanol–water partition coefficient (Wildman–Crippen LogP) is 3.76. The van der Waals surface area contributed by atoms with E-state index >= 15 is 0 Å². The molecule has 1 aromatic heterocycles. The minimum absolute atomic E-state index is 0.0342. The molecule has 0 aliphatic carbocycles. The van der Waals surface area contributed by atoms with Crippen LogP contribution in [-0.2, 0) is 6.54 Å². The summed E-state index contributed by atoms with van der Waals surface area (Å²) in [6, 6.07) is 6.58. The van der Waals surface area contributed by atoms with Crippen molar-refractivity contribution in [1.29, 1.82) is 0 Å². The molecule has 1 aliphatic rings. The molecule has 2 aromatic rings. The number of piperidine rings is 1. The lowest BCUT2D eigenvalue weighted by atomic mass is 9.96. The van der Waals surface area contributed by atoms with Crippen LogP contribution in [0.5, 0.6) is 0 Å². The van der Waals surface area contributed by atoms with Crippen LogP contribution in [0.25, 0.3) is 0 Å². The van der Waals surface area contributed by atoms with Gasteiger partial charge in [-0.25, -0.2) is 0 Å². The van der Waals surface area contributed by atoms with E-state index in [1.54, 1.807) is 13.0 Å². The molecule has 0 atom stereocenters. The van der Waals surface area contributed by atoms with Crippen molar-refractivity contribution in [2.45, 2.75) is 40.2 Å². The lowest BCUT2D eigenvalue weighted by molar-refractivity contribution is -0.385. The summed E-state index contributed by atoms with van der Waals surface area (Å²) < 4.78 is 5.60. The molecule has 1 aromatic carbocycles. The number of hydrogen-bond donors (Lipinski definition) is 1. The van der Waals surface area contributed by atoms with E-state index in [2.05, 4.69) is 16.3 Å². The van der Waals surface area contributed by atoms with Crippen LogP contribution in [0.4, 0.5) is 5.69 Å². The van der Waals surface area contributed by atoms with Gasteiger partial charge in [0.1, 0.15) is 11.5 Å². The number of carbonyl (C=O) groups excluding carboxylic acids is 1. The Morgan fingerprint density at radius 3 is 2.54 bits per heavy atom. The second-order valence-corrected chi connectivity index (χ2v) is 7.63. The van der Waals surface area contributed by atoms with Gasteiger partial charge in [0.05, 0.1) is 4.92 Å². The molecular weight excluding hydrogens is 358 g/mol. The maximum atomic E-state index is 12.4. The number of benzene rings is 1. The van der Waals surface area contributed by atoms with Crippen molar-refractivity contribution in [3.05, 3.63) is 62.6 Å². The molecule has 1 saturated heterocycles. The Bertz CT molecular complexity index is 867. The first kappa shape index (κ1) is 20.1. The molecule has 1 aliphatic heterocycles. The van der Waals surface area contributed by atoms with E-state index in [1.165, 1.54) is 17.7 Å². The summed E-state index contributed by atoms with van der Waals surface area (Å²) in [7, 11) is 0. The van der Waals surface area contributed by atoms with Crippen LogP contribution < -0.4 is 5.32 Å². The summed E-state index contributed by atoms with van der Waals surface area (Å²) in [5.41, 5.74) is 2.24. The highest BCUT2D eigenvalue weighted by Gasteiger charge is 2.21. The standard InChI is InChI=1S/C21H27N3O4/c1-14-10-18(4-5-20(14)24(26)27)21(25)22-12-17-6-8-23(9-7-17)13-19-11-15(2)28-16(19)3/h4-5,10-11,17H,6-9,12-13H2,1-3H3,(H,22,25). The Morgan fingerprint density at radius 2 is 1.96 bits per heavy atom. The fourth-order valence-corrected chi connectivity index (χ4v) is 3.77. The van der Waals surface area contributed by atoms with Gasteiger partial charge < -0.3 is 9.73 Å². The molecule has 2 heterocycles. The summed E-state index contributed by atoms with van der Waals surface area (Å²) >= 11 is 0. The number of furan rings is 1. The normalized spacial score (nSPS) is 15.5. The molecule has 0 bridgehead atoms. The molecule has 1 fully saturated rings. The van der Waals surface area contributed by atoms with Crippen molar-refractivity contribution in [2.24, 2.45) is 5.92 Å². The van der Waals surface area contributed by atoms with Gasteiger partial charge in [0.25, 0.3) is 11.6 Å². The van der Waals surface area contributed by atoms with Gasteiger partial charge in [-0.2, -0.15) is 0 Å². The molecule has 7 heteroatoms. The second-order valence-electron chi connectivity index (χ2n) is 7.63. The van der Waals surface area contributed by atoms with Crippen LogP contribution in [0.1, 0.15) is 45.8 Å². The highest BCUT2D eigenvalue weighted by atomic mass is 16.6. The van der Waals surface area contributed by atoms with Crippen LogP contribution in [0.15, 0.2) is 28.7 Å². The maximum Gasteiger partial charge on any atom is 0.272 e. The van der Waals surface area contributed by atoms with Gasteiger partial charge in [0.15, 0.2) is 0 Å². The Morgan fingerprint density at radius 1 is 1.25 bits per heavy atom. The van der Waals surface area contributed by atoms with E-state index in [-0.39, 0.29) is 11.6 Å². The first-order valence-electron chi connectivity index (χ1n) is 9.65. The zero-order valence-electron chi connectivity index (χ0n) is 16.7. The summed E-state index contributed by atoms with van der Waals surface area (Å²) in [5.74, 6) is 2.22. The zero-order chi connectivity index (χ0) is 20.3. The lowest BCUT2D eigenvalue weighted by Gasteiger charge is -2.31. The molecule has 0 spiro atoms. The minimum Gasteiger partial charge on any atom is -0.466 e. The van der Waals surface area contributed by atoms with Crippen molar-refractivity contribution < 1.29 is 14.1 Å². The number of rotatable bonds is 6. The van der Waals surface area contributed by atoms with E-state index in [9.17, 15) is 14.9 Å². The van der Waals surface area contributed by atoms with Crippen molar-refractivity contribution >= 4 is 11.6 Å². The number of carbonyl (C=O) groups is 1. The van der Waals surface area contributed by atoms with Crippen LogP contribution in [-0.4, -0.2) is 35.4 Å². The SMILES string of the molecule is Cc1cc(CN2CCC(CNC(=O)c3ccc([N+](=O)[O-])c(C)c3)CC2)c(C)o1. The van der Waals surface area contributed by atoms with Crippen molar-refractivity contribution in [3.8, 4) is 0 Å². The number of nitrogens with zero attached hydrogens (tertiary/aromatic N) is 2. The Balaban J connectivity index is 1.46. The van der Waals surface area contributed by atoms with Crippen LogP contribution >= 0.6 is 0 Å². The predicted molar refractivity (Wildman–Crippen MR) is 106 cm³/mol. The van der Waals surface area contributed by atoms with Gasteiger partial charge in [-0.15, -0.1) is 0 Å². The Hall–Kier alpha value is -2.67. The molecule has 28 heavy (non-hydrogen) atoms. The molecule has 7 nitrogen and oxygen atoms in total. The third-order valence-electron chi connectivity index (χ3n) is 5.45. The number of nitro groups is 1. The molecule has 3 rings (SSSR count). The average Bonchev–Trinajstić information content (AvgIpc) is 2.97. The Labute approximate surface area is 164 Å². The molecule has 150 valence electrons. The zero-order valence-corrected chi connectivity index (χ0v) is 16.7. The third kappa shape index (κ3) is 4.78. The second kappa shape index (κ2) is 8.56. The highest BCUT2D eigenvalue weighted by molar-refractivity contribution is 5.94.